The van der Waals surface area contributed by atoms with Gasteiger partial charge in [-0.1, -0.05) is 0 Å². The largest absolute Gasteiger partial charge is 0.462 e. The Bertz CT molecular complexity index is 800. The number of amides is 2. The van der Waals surface area contributed by atoms with Gasteiger partial charge in [0.15, 0.2) is 0 Å². The van der Waals surface area contributed by atoms with Gasteiger partial charge in [-0.25, -0.2) is 4.79 Å². The lowest BCUT2D eigenvalue weighted by atomic mass is 9.96. The quantitative estimate of drug-likeness (QED) is 0.623. The number of piperidine rings is 1. The van der Waals surface area contributed by atoms with Crippen LogP contribution in [0.15, 0.2) is 0 Å². The van der Waals surface area contributed by atoms with E-state index >= 15 is 0 Å². The average Bonchev–Trinajstić information content (AvgIpc) is 3.08. The molecule has 0 aromatic carbocycles. The second-order valence-electron chi connectivity index (χ2n) is 8.18. The Balaban J connectivity index is 1.57. The Hall–Kier alpha value is -2.39. The van der Waals surface area contributed by atoms with Gasteiger partial charge in [0.1, 0.15) is 5.69 Å². The molecule has 9 nitrogen and oxygen atoms in total. The number of rotatable bonds is 7. The van der Waals surface area contributed by atoms with E-state index < -0.39 is 5.97 Å². The number of carbonyl (C=O) groups excluding carboxylic acids is 3. The highest BCUT2D eigenvalue weighted by molar-refractivity contribution is 6.00. The maximum atomic E-state index is 13.1. The predicted octanol–water partition coefficient (Wildman–Crippen LogP) is 1.11. The Morgan fingerprint density at radius 1 is 1.19 bits per heavy atom. The zero-order valence-corrected chi connectivity index (χ0v) is 18.8. The molecule has 2 amide bonds. The monoisotopic (exact) mass is 434 g/mol. The van der Waals surface area contributed by atoms with Gasteiger partial charge >= 0.3 is 5.97 Å². The Morgan fingerprint density at radius 3 is 2.65 bits per heavy atom. The number of aromatic amines is 1. The maximum Gasteiger partial charge on any atom is 0.340 e. The van der Waals surface area contributed by atoms with Crippen LogP contribution in [0.1, 0.15) is 51.9 Å². The molecular weight excluding hydrogens is 400 g/mol. The van der Waals surface area contributed by atoms with Gasteiger partial charge in [-0.3, -0.25) is 14.5 Å². The highest BCUT2D eigenvalue weighted by atomic mass is 16.5. The van der Waals surface area contributed by atoms with Crippen LogP contribution in [0.2, 0.25) is 0 Å². The van der Waals surface area contributed by atoms with Crippen molar-refractivity contribution in [3.05, 3.63) is 22.5 Å². The first-order chi connectivity index (χ1) is 14.9. The Labute approximate surface area is 183 Å². The molecule has 9 heteroatoms. The van der Waals surface area contributed by atoms with Crippen LogP contribution in [0.4, 0.5) is 0 Å². The van der Waals surface area contributed by atoms with E-state index in [-0.39, 0.29) is 24.3 Å². The number of nitrogens with zero attached hydrogens (tertiary/aromatic N) is 2. The molecule has 0 saturated carbocycles. The van der Waals surface area contributed by atoms with Gasteiger partial charge < -0.3 is 24.7 Å². The molecule has 0 aliphatic carbocycles. The summed E-state index contributed by atoms with van der Waals surface area (Å²) in [5.74, 6) is -0.827. The summed E-state index contributed by atoms with van der Waals surface area (Å²) in [4.78, 5) is 45.1. The van der Waals surface area contributed by atoms with Crippen molar-refractivity contribution in [1.29, 1.82) is 0 Å². The van der Waals surface area contributed by atoms with Gasteiger partial charge in [0.05, 0.1) is 31.3 Å². The number of morpholine rings is 1. The number of aromatic nitrogens is 1. The molecule has 3 rings (SSSR count). The number of nitrogens with one attached hydrogen (secondary N) is 2. The zero-order valence-electron chi connectivity index (χ0n) is 18.8. The van der Waals surface area contributed by atoms with Gasteiger partial charge in [0, 0.05) is 45.0 Å². The zero-order chi connectivity index (χ0) is 22.4. The van der Waals surface area contributed by atoms with Crippen molar-refractivity contribution in [2.45, 2.75) is 33.6 Å². The number of likely N-dealkylation sites (tertiary alicyclic amines) is 1. The molecule has 2 fully saturated rings. The fourth-order valence-corrected chi connectivity index (χ4v) is 4.31. The first-order valence-electron chi connectivity index (χ1n) is 11.2. The number of hydrogen-bond acceptors (Lipinski definition) is 6. The van der Waals surface area contributed by atoms with E-state index in [4.69, 9.17) is 9.47 Å². The van der Waals surface area contributed by atoms with E-state index in [1.165, 1.54) is 0 Å². The molecule has 31 heavy (non-hydrogen) atoms. The van der Waals surface area contributed by atoms with Crippen molar-refractivity contribution in [2.24, 2.45) is 5.92 Å². The predicted molar refractivity (Wildman–Crippen MR) is 115 cm³/mol. The SMILES string of the molecule is CCOC(=O)c1c(C)[nH]c(C(=O)N2CCC[C@H](C(=O)NCCN3CCOCC3)C2)c1C. The van der Waals surface area contributed by atoms with Gasteiger partial charge in [0.25, 0.3) is 5.91 Å². The molecule has 1 aromatic rings. The minimum absolute atomic E-state index is 0.00244. The van der Waals surface area contributed by atoms with E-state index in [2.05, 4.69) is 15.2 Å². The molecule has 2 aliphatic rings. The minimum Gasteiger partial charge on any atom is -0.462 e. The van der Waals surface area contributed by atoms with E-state index in [9.17, 15) is 14.4 Å². The second-order valence-corrected chi connectivity index (χ2v) is 8.18. The lowest BCUT2D eigenvalue weighted by molar-refractivity contribution is -0.126. The van der Waals surface area contributed by atoms with Crippen molar-refractivity contribution in [3.63, 3.8) is 0 Å². The van der Waals surface area contributed by atoms with Crippen LogP contribution < -0.4 is 5.32 Å². The van der Waals surface area contributed by atoms with E-state index in [1.54, 1.807) is 25.7 Å². The molecule has 172 valence electrons. The number of aryl methyl sites for hydroxylation is 1. The lowest BCUT2D eigenvalue weighted by Gasteiger charge is -2.32. The van der Waals surface area contributed by atoms with E-state index in [0.717, 1.165) is 45.7 Å². The molecule has 0 bridgehead atoms. The fourth-order valence-electron chi connectivity index (χ4n) is 4.31. The first kappa shape index (κ1) is 23.3. The van der Waals surface area contributed by atoms with Crippen molar-refractivity contribution in [3.8, 4) is 0 Å². The van der Waals surface area contributed by atoms with Crippen LogP contribution >= 0.6 is 0 Å². The van der Waals surface area contributed by atoms with Crippen LogP contribution in [0.25, 0.3) is 0 Å². The summed E-state index contributed by atoms with van der Waals surface area (Å²) < 4.78 is 10.5. The van der Waals surface area contributed by atoms with Crippen LogP contribution in [0, 0.1) is 19.8 Å². The van der Waals surface area contributed by atoms with Crippen molar-refractivity contribution in [2.75, 3.05) is 59.1 Å². The van der Waals surface area contributed by atoms with Crippen molar-refractivity contribution in [1.82, 2.24) is 20.1 Å². The minimum atomic E-state index is -0.427. The van der Waals surface area contributed by atoms with Gasteiger partial charge in [-0.15, -0.1) is 0 Å². The molecule has 0 radical (unpaired) electrons. The molecule has 2 saturated heterocycles. The van der Waals surface area contributed by atoms with Gasteiger partial charge in [-0.2, -0.15) is 0 Å². The Morgan fingerprint density at radius 2 is 1.94 bits per heavy atom. The topological polar surface area (TPSA) is 104 Å². The summed E-state index contributed by atoms with van der Waals surface area (Å²) in [5.41, 5.74) is 2.03. The first-order valence-corrected chi connectivity index (χ1v) is 11.2. The smallest absolute Gasteiger partial charge is 0.340 e. The third-order valence-corrected chi connectivity index (χ3v) is 6.04. The van der Waals surface area contributed by atoms with Crippen LogP contribution in [0.3, 0.4) is 0 Å². The van der Waals surface area contributed by atoms with Gasteiger partial charge in [-0.05, 0) is 39.2 Å². The summed E-state index contributed by atoms with van der Waals surface area (Å²) in [7, 11) is 0. The molecule has 1 atom stereocenters. The van der Waals surface area contributed by atoms with E-state index in [0.29, 0.717) is 42.1 Å². The van der Waals surface area contributed by atoms with E-state index in [1.807, 2.05) is 0 Å². The molecule has 0 unspecified atom stereocenters. The molecule has 2 N–H and O–H groups in total. The summed E-state index contributed by atoms with van der Waals surface area (Å²) in [6, 6.07) is 0. The lowest BCUT2D eigenvalue weighted by Crippen LogP contribution is -2.47. The molecule has 2 aliphatic heterocycles. The van der Waals surface area contributed by atoms with Crippen molar-refractivity contribution < 1.29 is 23.9 Å². The van der Waals surface area contributed by atoms with Crippen LogP contribution in [-0.4, -0.2) is 91.7 Å². The molecule has 1 aromatic heterocycles. The third kappa shape index (κ3) is 5.65. The second kappa shape index (κ2) is 10.8. The number of esters is 1. The maximum absolute atomic E-state index is 13.1. The van der Waals surface area contributed by atoms with Crippen LogP contribution in [0.5, 0.6) is 0 Å². The molecular formula is C22H34N4O5. The summed E-state index contributed by atoms with van der Waals surface area (Å²) in [5, 5.41) is 3.02. The third-order valence-electron chi connectivity index (χ3n) is 6.04. The fraction of sp³-hybridized carbons (Fsp3) is 0.682. The Kier molecular flexibility index (Phi) is 8.09. The number of carbonyl (C=O) groups is 3. The summed E-state index contributed by atoms with van der Waals surface area (Å²) in [6.07, 6.45) is 1.54. The number of H-pyrrole nitrogens is 1. The highest BCUT2D eigenvalue weighted by Crippen LogP contribution is 2.23. The van der Waals surface area contributed by atoms with Crippen molar-refractivity contribution >= 4 is 17.8 Å². The van der Waals surface area contributed by atoms with Crippen LogP contribution in [-0.2, 0) is 14.3 Å². The molecule has 0 spiro atoms. The number of ether oxygens (including phenoxy) is 2. The highest BCUT2D eigenvalue weighted by Gasteiger charge is 2.31. The number of hydrogen-bond donors (Lipinski definition) is 2. The average molecular weight is 435 g/mol. The summed E-state index contributed by atoms with van der Waals surface area (Å²) >= 11 is 0. The van der Waals surface area contributed by atoms with Gasteiger partial charge in [0.2, 0.25) is 5.91 Å². The standard InChI is InChI=1S/C22H34N4O5/c1-4-31-22(29)18-15(2)19(24-16(18)3)21(28)26-8-5-6-17(14-26)20(27)23-7-9-25-10-12-30-13-11-25/h17,24H,4-14H2,1-3H3,(H,23,27)/t17-/m0/s1. The summed E-state index contributed by atoms with van der Waals surface area (Å²) in [6.45, 7) is 11.2. The normalized spacial score (nSPS) is 19.8. The molecule has 3 heterocycles.